The summed E-state index contributed by atoms with van der Waals surface area (Å²) < 4.78 is 2.09. The number of anilines is 3. The maximum absolute atomic E-state index is 13.2. The third kappa shape index (κ3) is 5.22. The molecule has 7 heteroatoms. The number of allylic oxidation sites excluding steroid dienone is 1. The van der Waals surface area contributed by atoms with Gasteiger partial charge in [-0.15, -0.1) is 16.8 Å². The van der Waals surface area contributed by atoms with E-state index in [-0.39, 0.29) is 11.9 Å². The van der Waals surface area contributed by atoms with Gasteiger partial charge in [-0.2, -0.15) is 0 Å². The fourth-order valence-electron chi connectivity index (χ4n) is 3.67. The molecule has 0 radical (unpaired) electrons. The standard InChI is InChI=1S/C25H29N5OS/c1-4-16-29-24(19-10-11-19)27-28-25(29)32-17-23(31)30(18(2)3)22-14-12-21(13-15-22)26-20-8-6-5-7-9-20/h4-9,12-15,18-19,26H,1,10-11,16-17H2,2-3H3. The summed E-state index contributed by atoms with van der Waals surface area (Å²) in [7, 11) is 0. The molecule has 3 aromatic rings. The number of aromatic nitrogens is 3. The molecule has 6 nitrogen and oxygen atoms in total. The first kappa shape index (κ1) is 22.1. The van der Waals surface area contributed by atoms with E-state index in [0.29, 0.717) is 18.2 Å². The maximum Gasteiger partial charge on any atom is 0.237 e. The van der Waals surface area contributed by atoms with Gasteiger partial charge in [0.2, 0.25) is 5.91 Å². The van der Waals surface area contributed by atoms with Crippen molar-refractivity contribution in [2.75, 3.05) is 16.0 Å². The summed E-state index contributed by atoms with van der Waals surface area (Å²) >= 11 is 1.44. The highest BCUT2D eigenvalue weighted by Crippen LogP contribution is 2.40. The minimum atomic E-state index is 0.0455. The van der Waals surface area contributed by atoms with Crippen LogP contribution in [0.3, 0.4) is 0 Å². The number of hydrogen-bond donors (Lipinski definition) is 1. The Balaban J connectivity index is 1.43. The first-order valence-corrected chi connectivity index (χ1v) is 12.0. The lowest BCUT2D eigenvalue weighted by molar-refractivity contribution is -0.116. The summed E-state index contributed by atoms with van der Waals surface area (Å²) in [6.07, 6.45) is 4.18. The molecule has 0 saturated heterocycles. The third-order valence-corrected chi connectivity index (χ3v) is 6.27. The summed E-state index contributed by atoms with van der Waals surface area (Å²) in [5.41, 5.74) is 2.90. The Hall–Kier alpha value is -3.06. The number of benzene rings is 2. The van der Waals surface area contributed by atoms with Crippen LogP contribution in [0.5, 0.6) is 0 Å². The molecule has 0 unspecified atom stereocenters. The van der Waals surface area contributed by atoms with Crippen LogP contribution in [0.15, 0.2) is 72.4 Å². The van der Waals surface area contributed by atoms with Crippen molar-refractivity contribution in [2.45, 2.75) is 50.4 Å². The molecule has 0 bridgehead atoms. The van der Waals surface area contributed by atoms with Crippen LogP contribution in [-0.4, -0.2) is 32.5 Å². The van der Waals surface area contributed by atoms with Gasteiger partial charge in [-0.3, -0.25) is 4.79 Å². The number of hydrogen-bond acceptors (Lipinski definition) is 5. The van der Waals surface area contributed by atoms with Gasteiger partial charge in [0.1, 0.15) is 5.82 Å². The normalized spacial score (nSPS) is 13.2. The molecule has 0 aliphatic heterocycles. The number of thioether (sulfide) groups is 1. The lowest BCUT2D eigenvalue weighted by Gasteiger charge is -2.27. The molecule has 1 heterocycles. The monoisotopic (exact) mass is 447 g/mol. The van der Waals surface area contributed by atoms with Crippen molar-refractivity contribution in [3.05, 3.63) is 73.1 Å². The van der Waals surface area contributed by atoms with Crippen molar-refractivity contribution in [3.8, 4) is 0 Å². The molecule has 4 rings (SSSR count). The van der Waals surface area contributed by atoms with E-state index in [4.69, 9.17) is 0 Å². The molecule has 1 N–H and O–H groups in total. The zero-order valence-electron chi connectivity index (χ0n) is 18.6. The van der Waals surface area contributed by atoms with Gasteiger partial charge in [0, 0.05) is 35.6 Å². The van der Waals surface area contributed by atoms with Gasteiger partial charge < -0.3 is 14.8 Å². The minimum Gasteiger partial charge on any atom is -0.356 e. The molecule has 1 amide bonds. The lowest BCUT2D eigenvalue weighted by atomic mass is 10.2. The van der Waals surface area contributed by atoms with Gasteiger partial charge in [-0.1, -0.05) is 36.0 Å². The smallest absolute Gasteiger partial charge is 0.237 e. The second-order valence-corrected chi connectivity index (χ2v) is 9.14. The Bertz CT molecular complexity index is 1060. The van der Waals surface area contributed by atoms with Crippen molar-refractivity contribution >= 4 is 34.7 Å². The molecule has 1 aliphatic carbocycles. The Morgan fingerprint density at radius 3 is 2.47 bits per heavy atom. The Kier molecular flexibility index (Phi) is 6.95. The average molecular weight is 448 g/mol. The fraction of sp³-hybridized carbons (Fsp3) is 0.320. The number of carbonyl (C=O) groups excluding carboxylic acids is 1. The predicted molar refractivity (Wildman–Crippen MR) is 132 cm³/mol. The maximum atomic E-state index is 13.2. The lowest BCUT2D eigenvalue weighted by Crippen LogP contribution is -2.38. The predicted octanol–water partition coefficient (Wildman–Crippen LogP) is 5.62. The second-order valence-electron chi connectivity index (χ2n) is 8.20. The molecule has 2 aromatic carbocycles. The highest BCUT2D eigenvalue weighted by Gasteiger charge is 2.30. The zero-order chi connectivity index (χ0) is 22.5. The molecule has 1 aliphatic rings. The quantitative estimate of drug-likeness (QED) is 0.323. The van der Waals surface area contributed by atoms with Crippen LogP contribution in [0.1, 0.15) is 38.4 Å². The number of nitrogens with one attached hydrogen (secondary N) is 1. The van der Waals surface area contributed by atoms with E-state index in [1.54, 1.807) is 0 Å². The number of rotatable bonds is 10. The number of nitrogens with zero attached hydrogens (tertiary/aromatic N) is 4. The molecule has 0 spiro atoms. The fourth-order valence-corrected chi connectivity index (χ4v) is 4.48. The van der Waals surface area contributed by atoms with Crippen molar-refractivity contribution in [1.82, 2.24) is 14.8 Å². The first-order valence-electron chi connectivity index (χ1n) is 11.0. The largest absolute Gasteiger partial charge is 0.356 e. The van der Waals surface area contributed by atoms with Crippen LogP contribution in [0.2, 0.25) is 0 Å². The summed E-state index contributed by atoms with van der Waals surface area (Å²) in [5.74, 6) is 1.88. The SMILES string of the molecule is C=CCn1c(SCC(=O)N(c2ccc(Nc3ccccc3)cc2)C(C)C)nnc1C1CC1. The summed E-state index contributed by atoms with van der Waals surface area (Å²) in [6, 6.07) is 18.0. The van der Waals surface area contributed by atoms with Gasteiger partial charge in [-0.05, 0) is 63.1 Å². The van der Waals surface area contributed by atoms with Gasteiger partial charge >= 0.3 is 0 Å². The molecule has 1 saturated carbocycles. The summed E-state index contributed by atoms with van der Waals surface area (Å²) in [6.45, 7) is 8.58. The molecule has 32 heavy (non-hydrogen) atoms. The van der Waals surface area contributed by atoms with Crippen LogP contribution < -0.4 is 10.2 Å². The average Bonchev–Trinajstić information content (AvgIpc) is 3.56. The molecule has 0 atom stereocenters. The molecular weight excluding hydrogens is 418 g/mol. The van der Waals surface area contributed by atoms with Crippen molar-refractivity contribution in [1.29, 1.82) is 0 Å². The van der Waals surface area contributed by atoms with Gasteiger partial charge in [0.25, 0.3) is 0 Å². The molecule has 166 valence electrons. The van der Waals surface area contributed by atoms with E-state index in [1.165, 1.54) is 11.8 Å². The van der Waals surface area contributed by atoms with Gasteiger partial charge in [-0.25, -0.2) is 0 Å². The van der Waals surface area contributed by atoms with Crippen molar-refractivity contribution < 1.29 is 4.79 Å². The van der Waals surface area contributed by atoms with E-state index >= 15 is 0 Å². The second kappa shape index (κ2) is 10.0. The summed E-state index contributed by atoms with van der Waals surface area (Å²) in [5, 5.41) is 12.9. The highest BCUT2D eigenvalue weighted by atomic mass is 32.2. The number of para-hydroxylation sites is 1. The van der Waals surface area contributed by atoms with E-state index in [1.807, 2.05) is 79.4 Å². The van der Waals surface area contributed by atoms with Gasteiger partial charge in [0.05, 0.1) is 5.75 Å². The third-order valence-electron chi connectivity index (χ3n) is 5.32. The van der Waals surface area contributed by atoms with Gasteiger partial charge in [0.15, 0.2) is 5.16 Å². The van der Waals surface area contributed by atoms with Crippen molar-refractivity contribution in [3.63, 3.8) is 0 Å². The molecular formula is C25H29N5OS. The van der Waals surface area contributed by atoms with Crippen LogP contribution in [-0.2, 0) is 11.3 Å². The van der Waals surface area contributed by atoms with Crippen LogP contribution in [0.25, 0.3) is 0 Å². The van der Waals surface area contributed by atoms with E-state index in [0.717, 1.165) is 40.9 Å². The Morgan fingerprint density at radius 2 is 1.84 bits per heavy atom. The Morgan fingerprint density at radius 1 is 1.16 bits per heavy atom. The first-order chi connectivity index (χ1) is 15.6. The number of amides is 1. The minimum absolute atomic E-state index is 0.0455. The van der Waals surface area contributed by atoms with Crippen LogP contribution in [0, 0.1) is 0 Å². The molecule has 1 aromatic heterocycles. The zero-order valence-corrected chi connectivity index (χ0v) is 19.4. The van der Waals surface area contributed by atoms with E-state index in [2.05, 4.69) is 26.7 Å². The summed E-state index contributed by atoms with van der Waals surface area (Å²) in [4.78, 5) is 15.0. The van der Waals surface area contributed by atoms with Crippen LogP contribution >= 0.6 is 11.8 Å². The topological polar surface area (TPSA) is 63.1 Å². The van der Waals surface area contributed by atoms with E-state index in [9.17, 15) is 4.79 Å². The Labute approximate surface area is 193 Å². The van der Waals surface area contributed by atoms with Crippen LogP contribution in [0.4, 0.5) is 17.1 Å². The van der Waals surface area contributed by atoms with E-state index < -0.39 is 0 Å². The molecule has 1 fully saturated rings. The number of carbonyl (C=O) groups is 1. The van der Waals surface area contributed by atoms with Crippen molar-refractivity contribution in [2.24, 2.45) is 0 Å². The highest BCUT2D eigenvalue weighted by molar-refractivity contribution is 7.99.